The molecule has 17 heavy (non-hydrogen) atoms. The first kappa shape index (κ1) is 12.0. The molecule has 0 bridgehead atoms. The van der Waals surface area contributed by atoms with Crippen LogP contribution in [-0.2, 0) is 9.47 Å². The Kier molecular flexibility index (Phi) is 4.06. The number of carbonyl (C=O) groups excluding carboxylic acids is 1. The van der Waals surface area contributed by atoms with Crippen molar-refractivity contribution >= 4 is 5.91 Å². The van der Waals surface area contributed by atoms with Gasteiger partial charge in [-0.1, -0.05) is 0 Å². The Hall–Kier alpha value is -1.46. The molecule has 5 heteroatoms. The zero-order valence-electron chi connectivity index (χ0n) is 9.83. The number of rotatable bonds is 2. The van der Waals surface area contributed by atoms with Gasteiger partial charge in [-0.3, -0.25) is 9.78 Å². The van der Waals surface area contributed by atoms with E-state index in [1.165, 1.54) is 0 Å². The van der Waals surface area contributed by atoms with Crippen molar-refractivity contribution in [3.05, 3.63) is 30.1 Å². The van der Waals surface area contributed by atoms with Crippen LogP contribution in [0, 0.1) is 0 Å². The number of aromatic nitrogens is 1. The van der Waals surface area contributed by atoms with Crippen LogP contribution in [0.25, 0.3) is 0 Å². The third-order valence-electron chi connectivity index (χ3n) is 2.76. The smallest absolute Gasteiger partial charge is 0.255 e. The average molecular weight is 236 g/mol. The summed E-state index contributed by atoms with van der Waals surface area (Å²) in [5.74, 6) is -0.0225. The molecule has 5 nitrogen and oxygen atoms in total. The quantitative estimate of drug-likeness (QED) is 0.753. The standard InChI is InChI=1S/C12H16N2O3/c1-16-11-8-14(5-6-17-9-11)12(15)10-3-2-4-13-7-10/h2-4,7,11H,5-6,8-9H2,1H3/t11-/m1/s1. The van der Waals surface area contributed by atoms with Crippen LogP contribution >= 0.6 is 0 Å². The third kappa shape index (κ3) is 3.01. The SMILES string of the molecule is CO[C@H]1COCCN(C(=O)c2cccnc2)C1. The van der Waals surface area contributed by atoms with E-state index >= 15 is 0 Å². The molecule has 1 aliphatic heterocycles. The lowest BCUT2D eigenvalue weighted by Crippen LogP contribution is -2.38. The molecule has 1 aliphatic rings. The Morgan fingerprint density at radius 1 is 1.65 bits per heavy atom. The zero-order valence-corrected chi connectivity index (χ0v) is 9.83. The van der Waals surface area contributed by atoms with E-state index in [4.69, 9.17) is 9.47 Å². The Bertz CT molecular complexity index is 369. The molecule has 1 amide bonds. The van der Waals surface area contributed by atoms with Gasteiger partial charge >= 0.3 is 0 Å². The van der Waals surface area contributed by atoms with Gasteiger partial charge in [0.25, 0.3) is 5.91 Å². The summed E-state index contributed by atoms with van der Waals surface area (Å²) in [6, 6.07) is 3.53. The molecule has 2 heterocycles. The lowest BCUT2D eigenvalue weighted by atomic mass is 10.2. The first-order chi connectivity index (χ1) is 8.31. The Morgan fingerprint density at radius 3 is 3.24 bits per heavy atom. The van der Waals surface area contributed by atoms with Crippen LogP contribution in [0.1, 0.15) is 10.4 Å². The van der Waals surface area contributed by atoms with E-state index in [0.717, 1.165) is 0 Å². The summed E-state index contributed by atoms with van der Waals surface area (Å²) in [6.45, 7) is 2.23. The predicted molar refractivity (Wildman–Crippen MR) is 61.8 cm³/mol. The normalized spacial score (nSPS) is 21.0. The van der Waals surface area contributed by atoms with E-state index in [9.17, 15) is 4.79 Å². The van der Waals surface area contributed by atoms with E-state index in [2.05, 4.69) is 4.98 Å². The molecule has 0 N–H and O–H groups in total. The largest absolute Gasteiger partial charge is 0.377 e. The Morgan fingerprint density at radius 2 is 2.53 bits per heavy atom. The van der Waals surface area contributed by atoms with Crippen LogP contribution in [0.15, 0.2) is 24.5 Å². The molecule has 0 unspecified atom stereocenters. The van der Waals surface area contributed by atoms with Gasteiger partial charge in [0, 0.05) is 32.6 Å². The van der Waals surface area contributed by atoms with Crippen molar-refractivity contribution in [2.45, 2.75) is 6.10 Å². The summed E-state index contributed by atoms with van der Waals surface area (Å²) in [6.07, 6.45) is 3.18. The molecule has 1 aromatic heterocycles. The topological polar surface area (TPSA) is 51.7 Å². The second-order valence-electron chi connectivity index (χ2n) is 3.93. The van der Waals surface area contributed by atoms with Crippen molar-refractivity contribution in [3.63, 3.8) is 0 Å². The summed E-state index contributed by atoms with van der Waals surface area (Å²) in [7, 11) is 1.63. The fourth-order valence-corrected chi connectivity index (χ4v) is 1.78. The molecule has 0 aromatic carbocycles. The van der Waals surface area contributed by atoms with Crippen molar-refractivity contribution in [1.29, 1.82) is 0 Å². The molecule has 0 radical (unpaired) electrons. The molecule has 1 atom stereocenters. The number of hydrogen-bond acceptors (Lipinski definition) is 4. The maximum atomic E-state index is 12.2. The van der Waals surface area contributed by atoms with Crippen molar-refractivity contribution in [2.75, 3.05) is 33.4 Å². The van der Waals surface area contributed by atoms with Gasteiger partial charge < -0.3 is 14.4 Å². The lowest BCUT2D eigenvalue weighted by molar-refractivity contribution is 0.0225. The molecule has 92 valence electrons. The van der Waals surface area contributed by atoms with E-state index in [1.807, 2.05) is 0 Å². The van der Waals surface area contributed by atoms with Gasteiger partial charge in [-0.2, -0.15) is 0 Å². The minimum Gasteiger partial charge on any atom is -0.377 e. The van der Waals surface area contributed by atoms with Gasteiger partial charge in [-0.15, -0.1) is 0 Å². The minimum absolute atomic E-state index is 0.0225. The molecule has 1 aromatic rings. The second kappa shape index (κ2) is 5.75. The van der Waals surface area contributed by atoms with Gasteiger partial charge in [0.15, 0.2) is 0 Å². The first-order valence-corrected chi connectivity index (χ1v) is 5.61. The second-order valence-corrected chi connectivity index (χ2v) is 3.93. The highest BCUT2D eigenvalue weighted by Gasteiger charge is 2.23. The molecular formula is C12H16N2O3. The Balaban J connectivity index is 2.08. The van der Waals surface area contributed by atoms with E-state index in [0.29, 0.717) is 31.9 Å². The van der Waals surface area contributed by atoms with Crippen LogP contribution < -0.4 is 0 Å². The van der Waals surface area contributed by atoms with Crippen molar-refractivity contribution in [2.24, 2.45) is 0 Å². The minimum atomic E-state index is -0.0573. The highest BCUT2D eigenvalue weighted by molar-refractivity contribution is 5.93. The monoisotopic (exact) mass is 236 g/mol. The Labute approximate surface area is 100 Å². The third-order valence-corrected chi connectivity index (χ3v) is 2.76. The lowest BCUT2D eigenvalue weighted by Gasteiger charge is -2.22. The van der Waals surface area contributed by atoms with E-state index < -0.39 is 0 Å². The average Bonchev–Trinajstić information content (AvgIpc) is 2.64. The summed E-state index contributed by atoms with van der Waals surface area (Å²) >= 11 is 0. The summed E-state index contributed by atoms with van der Waals surface area (Å²) in [5, 5.41) is 0. The first-order valence-electron chi connectivity index (χ1n) is 5.61. The number of pyridine rings is 1. The van der Waals surface area contributed by atoms with Gasteiger partial charge in [0.1, 0.15) is 0 Å². The van der Waals surface area contributed by atoms with Crippen LogP contribution in [0.4, 0.5) is 0 Å². The van der Waals surface area contributed by atoms with Gasteiger partial charge in [-0.05, 0) is 12.1 Å². The molecular weight excluding hydrogens is 220 g/mol. The number of carbonyl (C=O) groups is 1. The number of methoxy groups -OCH3 is 1. The van der Waals surface area contributed by atoms with Gasteiger partial charge in [-0.25, -0.2) is 0 Å². The van der Waals surface area contributed by atoms with E-state index in [1.54, 1.807) is 36.5 Å². The predicted octanol–water partition coefficient (Wildman–Crippen LogP) is 0.569. The zero-order chi connectivity index (χ0) is 12.1. The highest BCUT2D eigenvalue weighted by Crippen LogP contribution is 2.08. The molecule has 0 saturated carbocycles. The van der Waals surface area contributed by atoms with Crippen LogP contribution in [0.5, 0.6) is 0 Å². The van der Waals surface area contributed by atoms with Crippen molar-refractivity contribution in [1.82, 2.24) is 9.88 Å². The summed E-state index contributed by atoms with van der Waals surface area (Å²) in [5.41, 5.74) is 0.601. The maximum absolute atomic E-state index is 12.2. The molecule has 1 fully saturated rings. The van der Waals surface area contributed by atoms with Crippen molar-refractivity contribution in [3.8, 4) is 0 Å². The summed E-state index contributed by atoms with van der Waals surface area (Å²) < 4.78 is 10.6. The van der Waals surface area contributed by atoms with Gasteiger partial charge in [0.2, 0.25) is 0 Å². The molecule has 2 rings (SSSR count). The van der Waals surface area contributed by atoms with Crippen LogP contribution in [0.3, 0.4) is 0 Å². The molecule has 0 aliphatic carbocycles. The summed E-state index contributed by atoms with van der Waals surface area (Å²) in [4.78, 5) is 17.9. The maximum Gasteiger partial charge on any atom is 0.255 e. The van der Waals surface area contributed by atoms with E-state index in [-0.39, 0.29) is 12.0 Å². The van der Waals surface area contributed by atoms with Crippen LogP contribution in [-0.4, -0.2) is 55.3 Å². The van der Waals surface area contributed by atoms with Crippen LogP contribution in [0.2, 0.25) is 0 Å². The molecule has 0 spiro atoms. The number of hydrogen-bond donors (Lipinski definition) is 0. The van der Waals surface area contributed by atoms with Crippen molar-refractivity contribution < 1.29 is 14.3 Å². The van der Waals surface area contributed by atoms with Gasteiger partial charge in [0.05, 0.1) is 24.9 Å². The highest BCUT2D eigenvalue weighted by atomic mass is 16.5. The number of amides is 1. The number of nitrogens with zero attached hydrogens (tertiary/aromatic N) is 2. The number of ether oxygens (including phenoxy) is 2. The fraction of sp³-hybridized carbons (Fsp3) is 0.500. The molecule has 1 saturated heterocycles. The fourth-order valence-electron chi connectivity index (χ4n) is 1.78.